The lowest BCUT2D eigenvalue weighted by Crippen LogP contribution is -1.96. The van der Waals surface area contributed by atoms with E-state index in [1.54, 1.807) is 25.1 Å². The van der Waals surface area contributed by atoms with Crippen molar-refractivity contribution in [3.05, 3.63) is 52.4 Å². The Morgan fingerprint density at radius 3 is 2.78 bits per heavy atom. The number of rotatable bonds is 2. The molecule has 0 fully saturated rings. The lowest BCUT2D eigenvalue weighted by atomic mass is 10.2. The lowest BCUT2D eigenvalue weighted by Gasteiger charge is -2.07. The summed E-state index contributed by atoms with van der Waals surface area (Å²) in [5, 5.41) is 11.9. The number of aromatic nitrogens is 1. The second-order valence-electron chi connectivity index (χ2n) is 3.75. The molecule has 2 aromatic rings. The van der Waals surface area contributed by atoms with E-state index in [1.807, 2.05) is 6.07 Å². The molecule has 0 saturated heterocycles. The van der Waals surface area contributed by atoms with Crippen molar-refractivity contribution in [2.24, 2.45) is 0 Å². The fraction of sp³-hybridized carbons (Fsp3) is 0.0769. The Morgan fingerprint density at radius 1 is 1.33 bits per heavy atom. The van der Waals surface area contributed by atoms with Crippen molar-refractivity contribution < 1.29 is 4.39 Å². The fourth-order valence-corrected chi connectivity index (χ4v) is 1.70. The molecule has 0 amide bonds. The van der Waals surface area contributed by atoms with Gasteiger partial charge in [-0.1, -0.05) is 11.6 Å². The Morgan fingerprint density at radius 2 is 2.11 bits per heavy atom. The summed E-state index contributed by atoms with van der Waals surface area (Å²) in [6.07, 6.45) is 0. The smallest absolute Gasteiger partial charge is 0.141 e. The van der Waals surface area contributed by atoms with Gasteiger partial charge in [0.15, 0.2) is 0 Å². The molecule has 0 atom stereocenters. The standard InChI is InChI=1S/C13H9ClFN3/c1-8-4-9(7-16)5-13(17-8)18-10-2-3-12(15)11(14)6-10/h2-6H,1H3,(H,17,18). The van der Waals surface area contributed by atoms with Crippen LogP contribution in [-0.4, -0.2) is 4.98 Å². The molecule has 0 saturated carbocycles. The minimum atomic E-state index is -0.475. The van der Waals surface area contributed by atoms with Gasteiger partial charge in [0.05, 0.1) is 16.7 Å². The molecule has 3 nitrogen and oxygen atoms in total. The third-order valence-corrected chi connectivity index (χ3v) is 2.56. The number of nitrogens with one attached hydrogen (secondary N) is 1. The summed E-state index contributed by atoms with van der Waals surface area (Å²) in [6.45, 7) is 1.80. The molecule has 18 heavy (non-hydrogen) atoms. The van der Waals surface area contributed by atoms with Crippen molar-refractivity contribution in [3.63, 3.8) is 0 Å². The van der Waals surface area contributed by atoms with E-state index in [9.17, 15) is 4.39 Å². The van der Waals surface area contributed by atoms with Gasteiger partial charge >= 0.3 is 0 Å². The summed E-state index contributed by atoms with van der Waals surface area (Å²) in [4.78, 5) is 4.23. The minimum absolute atomic E-state index is 0.0353. The Bertz CT molecular complexity index is 635. The number of hydrogen-bond acceptors (Lipinski definition) is 3. The quantitative estimate of drug-likeness (QED) is 0.895. The molecule has 1 N–H and O–H groups in total. The van der Waals surface area contributed by atoms with E-state index in [2.05, 4.69) is 10.3 Å². The van der Waals surface area contributed by atoms with E-state index in [4.69, 9.17) is 16.9 Å². The van der Waals surface area contributed by atoms with E-state index >= 15 is 0 Å². The van der Waals surface area contributed by atoms with Crippen LogP contribution in [0.2, 0.25) is 5.02 Å². The van der Waals surface area contributed by atoms with Crippen LogP contribution >= 0.6 is 11.6 Å². The van der Waals surface area contributed by atoms with Crippen LogP contribution in [0, 0.1) is 24.1 Å². The molecular formula is C13H9ClFN3. The molecular weight excluding hydrogens is 253 g/mol. The van der Waals surface area contributed by atoms with Crippen LogP contribution < -0.4 is 5.32 Å². The van der Waals surface area contributed by atoms with Crippen LogP contribution in [0.3, 0.4) is 0 Å². The minimum Gasteiger partial charge on any atom is -0.340 e. The maximum Gasteiger partial charge on any atom is 0.141 e. The topological polar surface area (TPSA) is 48.7 Å². The van der Waals surface area contributed by atoms with Gasteiger partial charge in [-0.25, -0.2) is 9.37 Å². The van der Waals surface area contributed by atoms with Crippen LogP contribution in [0.25, 0.3) is 0 Å². The number of aryl methyl sites for hydroxylation is 1. The zero-order valence-corrected chi connectivity index (χ0v) is 10.3. The first kappa shape index (κ1) is 12.3. The number of hydrogen-bond donors (Lipinski definition) is 1. The first-order chi connectivity index (χ1) is 8.58. The highest BCUT2D eigenvalue weighted by molar-refractivity contribution is 6.31. The lowest BCUT2D eigenvalue weighted by molar-refractivity contribution is 0.628. The molecule has 2 rings (SSSR count). The number of benzene rings is 1. The van der Waals surface area contributed by atoms with E-state index in [-0.39, 0.29) is 5.02 Å². The summed E-state index contributed by atoms with van der Waals surface area (Å²) < 4.78 is 13.0. The van der Waals surface area contributed by atoms with Gasteiger partial charge in [-0.15, -0.1) is 0 Å². The van der Waals surface area contributed by atoms with Gasteiger partial charge in [-0.05, 0) is 37.3 Å². The van der Waals surface area contributed by atoms with Crippen LogP contribution in [0.4, 0.5) is 15.9 Å². The van der Waals surface area contributed by atoms with Gasteiger partial charge < -0.3 is 5.32 Å². The van der Waals surface area contributed by atoms with Gasteiger partial charge in [-0.2, -0.15) is 5.26 Å². The van der Waals surface area contributed by atoms with Crippen LogP contribution in [0.5, 0.6) is 0 Å². The monoisotopic (exact) mass is 261 g/mol. The largest absolute Gasteiger partial charge is 0.340 e. The fourth-order valence-electron chi connectivity index (χ4n) is 1.52. The van der Waals surface area contributed by atoms with Crippen molar-refractivity contribution in [2.75, 3.05) is 5.32 Å². The molecule has 0 radical (unpaired) electrons. The van der Waals surface area contributed by atoms with Crippen molar-refractivity contribution in [3.8, 4) is 6.07 Å². The molecule has 0 aliphatic rings. The van der Waals surface area contributed by atoms with Gasteiger partial charge in [0.2, 0.25) is 0 Å². The normalized spacial score (nSPS) is 9.89. The first-order valence-corrected chi connectivity index (χ1v) is 5.57. The number of halogens is 2. The van der Waals surface area contributed by atoms with Gasteiger partial charge in [0, 0.05) is 11.4 Å². The predicted molar refractivity (Wildman–Crippen MR) is 68.4 cm³/mol. The highest BCUT2D eigenvalue weighted by Gasteiger charge is 2.03. The van der Waals surface area contributed by atoms with Gasteiger partial charge in [0.1, 0.15) is 11.6 Å². The van der Waals surface area contributed by atoms with Crippen molar-refractivity contribution in [1.82, 2.24) is 4.98 Å². The molecule has 0 spiro atoms. The summed E-state index contributed by atoms with van der Waals surface area (Å²) in [5.74, 6) is 0.0476. The molecule has 0 aliphatic heterocycles. The maximum absolute atomic E-state index is 13.0. The third kappa shape index (κ3) is 2.76. The average molecular weight is 262 g/mol. The summed E-state index contributed by atoms with van der Waals surface area (Å²) >= 11 is 5.68. The van der Waals surface area contributed by atoms with E-state index in [0.29, 0.717) is 17.1 Å². The molecule has 0 aliphatic carbocycles. The van der Waals surface area contributed by atoms with E-state index < -0.39 is 5.82 Å². The Kier molecular flexibility index (Phi) is 3.45. The Balaban J connectivity index is 2.31. The molecule has 1 aromatic heterocycles. The predicted octanol–water partition coefficient (Wildman–Crippen LogP) is 3.80. The molecule has 0 bridgehead atoms. The Labute approximate surface area is 109 Å². The molecule has 1 heterocycles. The summed E-state index contributed by atoms with van der Waals surface area (Å²) in [7, 11) is 0. The first-order valence-electron chi connectivity index (χ1n) is 5.19. The van der Waals surface area contributed by atoms with Crippen LogP contribution in [-0.2, 0) is 0 Å². The van der Waals surface area contributed by atoms with Gasteiger partial charge in [0.25, 0.3) is 0 Å². The molecule has 5 heteroatoms. The van der Waals surface area contributed by atoms with Crippen LogP contribution in [0.15, 0.2) is 30.3 Å². The summed E-state index contributed by atoms with van der Waals surface area (Å²) in [6, 6.07) is 9.63. The molecule has 1 aromatic carbocycles. The van der Waals surface area contributed by atoms with Crippen LogP contribution in [0.1, 0.15) is 11.3 Å². The van der Waals surface area contributed by atoms with Gasteiger partial charge in [-0.3, -0.25) is 0 Å². The average Bonchev–Trinajstić information content (AvgIpc) is 2.33. The van der Waals surface area contributed by atoms with Crippen molar-refractivity contribution in [1.29, 1.82) is 5.26 Å². The van der Waals surface area contributed by atoms with Crippen molar-refractivity contribution in [2.45, 2.75) is 6.92 Å². The van der Waals surface area contributed by atoms with E-state index in [0.717, 1.165) is 5.69 Å². The number of nitriles is 1. The SMILES string of the molecule is Cc1cc(C#N)cc(Nc2ccc(F)c(Cl)c2)n1. The molecule has 90 valence electrons. The second kappa shape index (κ2) is 5.03. The van der Waals surface area contributed by atoms with E-state index in [1.165, 1.54) is 12.1 Å². The van der Waals surface area contributed by atoms with Crippen molar-refractivity contribution >= 4 is 23.1 Å². The third-order valence-electron chi connectivity index (χ3n) is 2.27. The highest BCUT2D eigenvalue weighted by Crippen LogP contribution is 2.22. The number of anilines is 2. The maximum atomic E-state index is 13.0. The zero-order chi connectivity index (χ0) is 13.1. The Hall–Kier alpha value is -2.12. The second-order valence-corrected chi connectivity index (χ2v) is 4.16. The summed E-state index contributed by atoms with van der Waals surface area (Å²) in [5.41, 5.74) is 1.85. The zero-order valence-electron chi connectivity index (χ0n) is 9.54. The number of pyridine rings is 1. The number of nitrogens with zero attached hydrogens (tertiary/aromatic N) is 2. The molecule has 0 unspecified atom stereocenters. The highest BCUT2D eigenvalue weighted by atomic mass is 35.5.